The third-order valence-corrected chi connectivity index (χ3v) is 4.41. The zero-order chi connectivity index (χ0) is 16.6. The number of methoxy groups -OCH3 is 1. The van der Waals surface area contributed by atoms with E-state index in [-0.39, 0.29) is 11.9 Å². The maximum atomic E-state index is 13.0. The van der Waals surface area contributed by atoms with E-state index >= 15 is 0 Å². The van der Waals surface area contributed by atoms with Crippen LogP contribution in [0.3, 0.4) is 0 Å². The molecule has 3 rings (SSSR count). The van der Waals surface area contributed by atoms with Crippen molar-refractivity contribution in [1.82, 2.24) is 9.88 Å². The van der Waals surface area contributed by atoms with Crippen molar-refractivity contribution in [1.29, 1.82) is 0 Å². The van der Waals surface area contributed by atoms with Gasteiger partial charge in [-0.15, -0.1) is 0 Å². The molecule has 5 heteroatoms. The number of carbonyl (C=O) groups is 2. The summed E-state index contributed by atoms with van der Waals surface area (Å²) < 4.78 is 4.81. The summed E-state index contributed by atoms with van der Waals surface area (Å²) in [6.07, 6.45) is 3.46. The predicted molar refractivity (Wildman–Crippen MR) is 87.1 cm³/mol. The zero-order valence-electron chi connectivity index (χ0n) is 13.6. The van der Waals surface area contributed by atoms with Gasteiger partial charge in [-0.2, -0.15) is 0 Å². The average molecular weight is 312 g/mol. The van der Waals surface area contributed by atoms with Crippen LogP contribution in [0, 0.1) is 6.92 Å². The lowest BCUT2D eigenvalue weighted by atomic mass is 10.0. The Morgan fingerprint density at radius 3 is 2.65 bits per heavy atom. The monoisotopic (exact) mass is 312 g/mol. The first-order valence-electron chi connectivity index (χ1n) is 7.79. The zero-order valence-corrected chi connectivity index (χ0v) is 13.6. The molecule has 0 N–H and O–H groups in total. The summed E-state index contributed by atoms with van der Waals surface area (Å²) in [7, 11) is 1.34. The molecule has 1 unspecified atom stereocenters. The first-order chi connectivity index (χ1) is 11.0. The predicted octanol–water partition coefficient (Wildman–Crippen LogP) is 2.71. The Morgan fingerprint density at radius 2 is 2.00 bits per heavy atom. The van der Waals surface area contributed by atoms with Gasteiger partial charge >= 0.3 is 5.97 Å². The first kappa shape index (κ1) is 15.5. The SMILES string of the molecule is COC(=O)C(C)N(C(=O)c1cnc2ccccc2c1C)C1CC1. The maximum absolute atomic E-state index is 13.0. The number of carbonyl (C=O) groups excluding carboxylic acids is 2. The third-order valence-electron chi connectivity index (χ3n) is 4.41. The highest BCUT2D eigenvalue weighted by Gasteiger charge is 2.39. The molecule has 1 aliphatic rings. The smallest absolute Gasteiger partial charge is 0.328 e. The van der Waals surface area contributed by atoms with Crippen LogP contribution in [0.5, 0.6) is 0 Å². The molecule has 2 aromatic rings. The van der Waals surface area contributed by atoms with Crippen molar-refractivity contribution in [2.75, 3.05) is 7.11 Å². The quantitative estimate of drug-likeness (QED) is 0.815. The molecule has 1 aromatic carbocycles. The Kier molecular flexibility index (Phi) is 4.03. The van der Waals surface area contributed by atoms with Crippen LogP contribution in [0.2, 0.25) is 0 Å². The lowest BCUT2D eigenvalue weighted by Crippen LogP contribution is -2.45. The minimum Gasteiger partial charge on any atom is -0.467 e. The summed E-state index contributed by atoms with van der Waals surface area (Å²) in [5, 5.41) is 0.958. The molecule has 0 bridgehead atoms. The van der Waals surface area contributed by atoms with Crippen LogP contribution in [0.15, 0.2) is 30.5 Å². The summed E-state index contributed by atoms with van der Waals surface area (Å²) in [6.45, 7) is 3.64. The van der Waals surface area contributed by atoms with Crippen LogP contribution in [0.1, 0.15) is 35.7 Å². The molecule has 1 fully saturated rings. The molecule has 1 amide bonds. The van der Waals surface area contributed by atoms with E-state index in [9.17, 15) is 9.59 Å². The molecule has 1 atom stereocenters. The Labute approximate surface area is 135 Å². The molecule has 0 spiro atoms. The molecule has 23 heavy (non-hydrogen) atoms. The summed E-state index contributed by atoms with van der Waals surface area (Å²) in [6, 6.07) is 7.26. The Balaban J connectivity index is 2.00. The van der Waals surface area contributed by atoms with E-state index < -0.39 is 12.0 Å². The molecule has 0 aliphatic heterocycles. The number of nitrogens with zero attached hydrogens (tertiary/aromatic N) is 2. The summed E-state index contributed by atoms with van der Waals surface area (Å²) in [5.74, 6) is -0.544. The van der Waals surface area contributed by atoms with Gasteiger partial charge in [-0.05, 0) is 38.3 Å². The second-order valence-corrected chi connectivity index (χ2v) is 5.96. The van der Waals surface area contributed by atoms with E-state index in [4.69, 9.17) is 4.74 Å². The van der Waals surface area contributed by atoms with Gasteiger partial charge < -0.3 is 9.64 Å². The largest absolute Gasteiger partial charge is 0.467 e. The van der Waals surface area contributed by atoms with Gasteiger partial charge in [-0.25, -0.2) is 4.79 Å². The van der Waals surface area contributed by atoms with Gasteiger partial charge in [-0.3, -0.25) is 9.78 Å². The number of hydrogen-bond acceptors (Lipinski definition) is 4. The Hall–Kier alpha value is -2.43. The highest BCUT2D eigenvalue weighted by atomic mass is 16.5. The molecular weight excluding hydrogens is 292 g/mol. The van der Waals surface area contributed by atoms with E-state index in [1.165, 1.54) is 7.11 Å². The van der Waals surface area contributed by atoms with Crippen molar-refractivity contribution in [3.05, 3.63) is 41.6 Å². The summed E-state index contributed by atoms with van der Waals surface area (Å²) >= 11 is 0. The van der Waals surface area contributed by atoms with Crippen molar-refractivity contribution < 1.29 is 14.3 Å². The normalized spacial score (nSPS) is 15.3. The summed E-state index contributed by atoms with van der Waals surface area (Å²) in [5.41, 5.74) is 2.30. The molecule has 1 aromatic heterocycles. The van der Waals surface area contributed by atoms with E-state index in [0.717, 1.165) is 29.3 Å². The number of fused-ring (bicyclic) bond motifs is 1. The van der Waals surface area contributed by atoms with Gasteiger partial charge in [0.05, 0.1) is 18.2 Å². The standard InChI is InChI=1S/C18H20N2O3/c1-11-14-6-4-5-7-16(14)19-10-15(11)17(21)20(13-8-9-13)12(2)18(22)23-3/h4-7,10,12-13H,8-9H2,1-3H3. The molecule has 1 saturated carbocycles. The van der Waals surface area contributed by atoms with E-state index in [1.807, 2.05) is 31.2 Å². The number of ether oxygens (including phenoxy) is 1. The minimum absolute atomic E-state index is 0.113. The molecule has 0 radical (unpaired) electrons. The van der Waals surface area contributed by atoms with Crippen molar-refractivity contribution >= 4 is 22.8 Å². The highest BCUT2D eigenvalue weighted by molar-refractivity contribution is 6.01. The van der Waals surface area contributed by atoms with E-state index in [1.54, 1.807) is 18.0 Å². The van der Waals surface area contributed by atoms with Crippen molar-refractivity contribution in [3.8, 4) is 0 Å². The van der Waals surface area contributed by atoms with Crippen LogP contribution < -0.4 is 0 Å². The Morgan fingerprint density at radius 1 is 1.30 bits per heavy atom. The number of aryl methyl sites for hydroxylation is 1. The fourth-order valence-electron chi connectivity index (χ4n) is 2.93. The number of rotatable bonds is 4. The number of esters is 1. The number of amides is 1. The number of benzene rings is 1. The van der Waals surface area contributed by atoms with Gasteiger partial charge in [0.25, 0.3) is 5.91 Å². The van der Waals surface area contributed by atoms with Gasteiger partial charge in [-0.1, -0.05) is 18.2 Å². The fourth-order valence-corrected chi connectivity index (χ4v) is 2.93. The first-order valence-corrected chi connectivity index (χ1v) is 7.79. The lowest BCUT2D eigenvalue weighted by Gasteiger charge is -2.28. The maximum Gasteiger partial charge on any atom is 0.328 e. The molecule has 5 nitrogen and oxygen atoms in total. The second-order valence-electron chi connectivity index (χ2n) is 5.96. The van der Waals surface area contributed by atoms with Crippen molar-refractivity contribution in [2.45, 2.75) is 38.8 Å². The third kappa shape index (κ3) is 2.79. The van der Waals surface area contributed by atoms with Gasteiger partial charge in [0.2, 0.25) is 0 Å². The fraction of sp³-hybridized carbons (Fsp3) is 0.389. The average Bonchev–Trinajstić information content (AvgIpc) is 3.39. The molecule has 1 aliphatic carbocycles. The molecule has 0 saturated heterocycles. The van der Waals surface area contributed by atoms with Gasteiger partial charge in [0.1, 0.15) is 6.04 Å². The van der Waals surface area contributed by atoms with Crippen molar-refractivity contribution in [3.63, 3.8) is 0 Å². The number of aromatic nitrogens is 1. The van der Waals surface area contributed by atoms with Crippen LogP contribution >= 0.6 is 0 Å². The van der Waals surface area contributed by atoms with Crippen molar-refractivity contribution in [2.24, 2.45) is 0 Å². The number of hydrogen-bond donors (Lipinski definition) is 0. The van der Waals surface area contributed by atoms with Crippen LogP contribution in [0.4, 0.5) is 0 Å². The summed E-state index contributed by atoms with van der Waals surface area (Å²) in [4.78, 5) is 30.9. The molecule has 120 valence electrons. The number of para-hydroxylation sites is 1. The number of pyridine rings is 1. The second kappa shape index (κ2) is 5.99. The molecular formula is C18H20N2O3. The van der Waals surface area contributed by atoms with Crippen LogP contribution in [0.25, 0.3) is 10.9 Å². The van der Waals surface area contributed by atoms with Gasteiger partial charge in [0, 0.05) is 17.6 Å². The minimum atomic E-state index is -0.592. The van der Waals surface area contributed by atoms with Gasteiger partial charge in [0.15, 0.2) is 0 Å². The lowest BCUT2D eigenvalue weighted by molar-refractivity contribution is -0.145. The van der Waals surface area contributed by atoms with E-state index in [0.29, 0.717) is 5.56 Å². The van der Waals surface area contributed by atoms with Crippen LogP contribution in [-0.4, -0.2) is 41.0 Å². The topological polar surface area (TPSA) is 59.5 Å². The van der Waals surface area contributed by atoms with E-state index in [2.05, 4.69) is 4.98 Å². The Bertz CT molecular complexity index is 768. The highest BCUT2D eigenvalue weighted by Crippen LogP contribution is 2.31. The molecule has 1 heterocycles. The van der Waals surface area contributed by atoms with Crippen LogP contribution in [-0.2, 0) is 9.53 Å².